The summed E-state index contributed by atoms with van der Waals surface area (Å²) in [6, 6.07) is 4.70. The Morgan fingerprint density at radius 2 is 2.22 bits per heavy atom. The van der Waals surface area contributed by atoms with Crippen LogP contribution in [-0.4, -0.2) is 27.2 Å². The maximum absolute atomic E-state index is 11.2. The molecule has 1 atom stereocenters. The zero-order valence-corrected chi connectivity index (χ0v) is 11.6. The molecule has 0 aliphatic carbocycles. The molecule has 0 aliphatic rings. The predicted molar refractivity (Wildman–Crippen MR) is 73.4 cm³/mol. The molecule has 7 heteroatoms. The van der Waals surface area contributed by atoms with Gasteiger partial charge in [-0.3, -0.25) is 14.3 Å². The molecule has 1 aromatic carbocycles. The number of nitrogens with zero attached hydrogens (tertiary/aromatic N) is 1. The van der Waals surface area contributed by atoms with Crippen LogP contribution in [0, 0.1) is 10.1 Å². The van der Waals surface area contributed by atoms with Crippen molar-refractivity contribution in [3.8, 4) is 0 Å². The molecule has 0 aliphatic heterocycles. The number of nitrogens with one attached hydrogen (secondary N) is 1. The molecular weight excluding hydrogens is 276 g/mol. The summed E-state index contributed by atoms with van der Waals surface area (Å²) in [6.45, 7) is 2.99. The fourth-order valence-corrected chi connectivity index (χ4v) is 2.22. The van der Waals surface area contributed by atoms with E-state index in [1.165, 1.54) is 12.1 Å². The third-order valence-corrected chi connectivity index (χ3v) is 3.99. The molecule has 1 N–H and O–H groups in total. The Labute approximate surface area is 113 Å². The summed E-state index contributed by atoms with van der Waals surface area (Å²) in [5, 5.41) is 13.9. The lowest BCUT2D eigenvalue weighted by atomic mass is 10.2. The van der Waals surface area contributed by atoms with Crippen molar-refractivity contribution in [1.82, 2.24) is 5.32 Å². The minimum absolute atomic E-state index is 0.0897. The van der Waals surface area contributed by atoms with E-state index >= 15 is 0 Å². The van der Waals surface area contributed by atoms with Gasteiger partial charge in [0.25, 0.3) is 5.69 Å². The minimum atomic E-state index is -0.792. The van der Waals surface area contributed by atoms with Crippen molar-refractivity contribution < 1.29 is 9.13 Å². The molecule has 0 radical (unpaired) electrons. The third kappa shape index (κ3) is 4.72. The summed E-state index contributed by atoms with van der Waals surface area (Å²) in [7, 11) is -0.792. The average molecular weight is 291 g/mol. The summed E-state index contributed by atoms with van der Waals surface area (Å²) >= 11 is 5.71. The van der Waals surface area contributed by atoms with Gasteiger partial charge >= 0.3 is 0 Å². The molecule has 5 nitrogen and oxygen atoms in total. The summed E-state index contributed by atoms with van der Waals surface area (Å²) in [5.74, 6) is 1.24. The smallest absolute Gasteiger partial charge is 0.288 e. The molecule has 1 rings (SSSR count). The second-order valence-corrected chi connectivity index (χ2v) is 5.92. The Kier molecular flexibility index (Phi) is 6.24. The number of nitro benzene ring substituents is 1. The number of hydrogen-bond donors (Lipinski definition) is 1. The Morgan fingerprint density at radius 3 is 2.83 bits per heavy atom. The first-order valence-electron chi connectivity index (χ1n) is 5.53. The van der Waals surface area contributed by atoms with Gasteiger partial charge in [-0.15, -0.1) is 0 Å². The lowest BCUT2D eigenvalue weighted by Gasteiger charge is -2.05. The first kappa shape index (κ1) is 15.1. The SMILES string of the molecule is CCS(=O)CCNCc1ccc(Cl)c([N+](=O)[O-])c1. The van der Waals surface area contributed by atoms with Gasteiger partial charge in [0, 0.05) is 41.5 Å². The second-order valence-electron chi connectivity index (χ2n) is 3.65. The zero-order chi connectivity index (χ0) is 13.5. The molecule has 1 aromatic rings. The van der Waals surface area contributed by atoms with E-state index in [0.29, 0.717) is 24.6 Å². The Balaban J connectivity index is 2.50. The van der Waals surface area contributed by atoms with Gasteiger partial charge in [-0.05, 0) is 11.6 Å². The van der Waals surface area contributed by atoms with Crippen LogP contribution in [-0.2, 0) is 17.3 Å². The van der Waals surface area contributed by atoms with E-state index in [1.54, 1.807) is 6.07 Å². The molecule has 0 aromatic heterocycles. The van der Waals surface area contributed by atoms with Crippen LogP contribution in [0.15, 0.2) is 18.2 Å². The fraction of sp³-hybridized carbons (Fsp3) is 0.455. The van der Waals surface area contributed by atoms with Gasteiger partial charge < -0.3 is 5.32 Å². The second kappa shape index (κ2) is 7.45. The van der Waals surface area contributed by atoms with Crippen molar-refractivity contribution in [3.05, 3.63) is 38.9 Å². The van der Waals surface area contributed by atoms with E-state index in [0.717, 1.165) is 5.56 Å². The van der Waals surface area contributed by atoms with E-state index in [4.69, 9.17) is 11.6 Å². The molecule has 0 saturated heterocycles. The molecule has 100 valence electrons. The summed E-state index contributed by atoms with van der Waals surface area (Å²) in [4.78, 5) is 10.2. The van der Waals surface area contributed by atoms with Gasteiger partial charge in [-0.25, -0.2) is 0 Å². The standard InChI is InChI=1S/C11H15ClN2O3S/c1-2-18(17)6-5-13-8-9-3-4-10(12)11(7-9)14(15)16/h3-4,7,13H,2,5-6,8H2,1H3. The highest BCUT2D eigenvalue weighted by atomic mass is 35.5. The molecule has 0 heterocycles. The van der Waals surface area contributed by atoms with Crippen molar-refractivity contribution >= 4 is 28.1 Å². The maximum Gasteiger partial charge on any atom is 0.288 e. The highest BCUT2D eigenvalue weighted by Crippen LogP contribution is 2.24. The van der Waals surface area contributed by atoms with Crippen molar-refractivity contribution in [1.29, 1.82) is 0 Å². The number of hydrogen-bond acceptors (Lipinski definition) is 4. The predicted octanol–water partition coefficient (Wildman–Crippen LogP) is 2.11. The monoisotopic (exact) mass is 290 g/mol. The normalized spacial score (nSPS) is 12.3. The first-order chi connectivity index (χ1) is 8.54. The molecule has 18 heavy (non-hydrogen) atoms. The number of nitro groups is 1. The number of benzene rings is 1. The van der Waals surface area contributed by atoms with E-state index in [9.17, 15) is 14.3 Å². The van der Waals surface area contributed by atoms with Crippen LogP contribution in [0.4, 0.5) is 5.69 Å². The molecule has 0 fully saturated rings. The highest BCUT2D eigenvalue weighted by molar-refractivity contribution is 7.84. The highest BCUT2D eigenvalue weighted by Gasteiger charge is 2.12. The van der Waals surface area contributed by atoms with Gasteiger partial charge in [0.2, 0.25) is 0 Å². The van der Waals surface area contributed by atoms with Gasteiger partial charge in [0.05, 0.1) is 4.92 Å². The molecule has 0 spiro atoms. The lowest BCUT2D eigenvalue weighted by molar-refractivity contribution is -0.384. The molecule has 1 unspecified atom stereocenters. The van der Waals surface area contributed by atoms with Crippen LogP contribution in [0.25, 0.3) is 0 Å². The van der Waals surface area contributed by atoms with Crippen LogP contribution < -0.4 is 5.32 Å². The van der Waals surface area contributed by atoms with Crippen molar-refractivity contribution in [2.45, 2.75) is 13.5 Å². The van der Waals surface area contributed by atoms with Gasteiger partial charge in [-0.1, -0.05) is 24.6 Å². The van der Waals surface area contributed by atoms with E-state index in [1.807, 2.05) is 6.92 Å². The molecular formula is C11H15ClN2O3S. The zero-order valence-electron chi connectivity index (χ0n) is 10.0. The minimum Gasteiger partial charge on any atom is -0.312 e. The molecule has 0 amide bonds. The van der Waals surface area contributed by atoms with Gasteiger partial charge in [0.1, 0.15) is 5.02 Å². The van der Waals surface area contributed by atoms with Crippen LogP contribution in [0.3, 0.4) is 0 Å². The maximum atomic E-state index is 11.2. The quantitative estimate of drug-likeness (QED) is 0.474. The largest absolute Gasteiger partial charge is 0.312 e. The Morgan fingerprint density at radius 1 is 1.50 bits per heavy atom. The van der Waals surface area contributed by atoms with E-state index in [2.05, 4.69) is 5.32 Å². The lowest BCUT2D eigenvalue weighted by Crippen LogP contribution is -2.20. The Hall–Kier alpha value is -0.980. The van der Waals surface area contributed by atoms with Gasteiger partial charge in [-0.2, -0.15) is 0 Å². The summed E-state index contributed by atoms with van der Waals surface area (Å²) < 4.78 is 11.2. The van der Waals surface area contributed by atoms with Crippen molar-refractivity contribution in [2.75, 3.05) is 18.1 Å². The summed E-state index contributed by atoms with van der Waals surface area (Å²) in [6.07, 6.45) is 0. The van der Waals surface area contributed by atoms with Gasteiger partial charge in [0.15, 0.2) is 0 Å². The summed E-state index contributed by atoms with van der Waals surface area (Å²) in [5.41, 5.74) is 0.696. The fourth-order valence-electron chi connectivity index (χ4n) is 1.37. The molecule has 0 saturated carbocycles. The topological polar surface area (TPSA) is 72.2 Å². The van der Waals surface area contributed by atoms with Crippen LogP contribution >= 0.6 is 11.6 Å². The third-order valence-electron chi connectivity index (χ3n) is 2.36. The number of rotatable bonds is 7. The Bertz CT molecular complexity index is 454. The average Bonchev–Trinajstić information content (AvgIpc) is 2.35. The molecule has 0 bridgehead atoms. The van der Waals surface area contributed by atoms with Crippen LogP contribution in [0.5, 0.6) is 0 Å². The van der Waals surface area contributed by atoms with Crippen molar-refractivity contribution in [2.24, 2.45) is 0 Å². The van der Waals surface area contributed by atoms with Crippen LogP contribution in [0.1, 0.15) is 12.5 Å². The van der Waals surface area contributed by atoms with Crippen molar-refractivity contribution in [3.63, 3.8) is 0 Å². The number of halogens is 1. The van der Waals surface area contributed by atoms with E-state index < -0.39 is 15.7 Å². The van der Waals surface area contributed by atoms with Crippen LogP contribution in [0.2, 0.25) is 5.02 Å². The van der Waals surface area contributed by atoms with E-state index in [-0.39, 0.29) is 10.7 Å². The first-order valence-corrected chi connectivity index (χ1v) is 7.39.